The van der Waals surface area contributed by atoms with E-state index in [0.29, 0.717) is 27.8 Å². The number of hydrogen-bond donors (Lipinski definition) is 2. The molecule has 0 radical (unpaired) electrons. The second kappa shape index (κ2) is 5.69. The summed E-state index contributed by atoms with van der Waals surface area (Å²) in [7, 11) is 0. The van der Waals surface area contributed by atoms with Crippen molar-refractivity contribution in [2.45, 2.75) is 6.54 Å². The second-order valence-corrected chi connectivity index (χ2v) is 5.41. The second-order valence-electron chi connectivity index (χ2n) is 4.62. The molecule has 0 aliphatic heterocycles. The molecule has 3 rings (SSSR count). The topological polar surface area (TPSA) is 51.6 Å². The summed E-state index contributed by atoms with van der Waals surface area (Å²) in [6.45, 7) is 0.502. The van der Waals surface area contributed by atoms with Gasteiger partial charge in [0.2, 0.25) is 0 Å². The number of anilines is 1. The predicted octanol–water partition coefficient (Wildman–Crippen LogP) is 4.96. The molecular weight excluding hydrogens is 305 g/mol. The molecule has 0 atom stereocenters. The van der Waals surface area contributed by atoms with Crippen LogP contribution in [0.3, 0.4) is 0 Å². The highest BCUT2D eigenvalue weighted by Crippen LogP contribution is 2.29. The molecule has 5 heteroatoms. The Morgan fingerprint density at radius 2 is 1.95 bits per heavy atom. The molecule has 3 aromatic rings. The summed E-state index contributed by atoms with van der Waals surface area (Å²) in [6.07, 6.45) is 0. The maximum atomic E-state index is 8.93. The summed E-state index contributed by atoms with van der Waals surface area (Å²) in [5.74, 6) is 0. The summed E-state index contributed by atoms with van der Waals surface area (Å²) in [4.78, 5) is 3.28. The molecule has 0 amide bonds. The molecule has 0 bridgehead atoms. The van der Waals surface area contributed by atoms with Crippen molar-refractivity contribution >= 4 is 39.8 Å². The monoisotopic (exact) mass is 315 g/mol. The van der Waals surface area contributed by atoms with E-state index in [1.165, 1.54) is 0 Å². The number of nitrogens with zero attached hydrogens (tertiary/aromatic N) is 1. The van der Waals surface area contributed by atoms with Gasteiger partial charge in [-0.3, -0.25) is 0 Å². The number of fused-ring (bicyclic) bond motifs is 1. The average molecular weight is 316 g/mol. The summed E-state index contributed by atoms with van der Waals surface area (Å²) in [6, 6.07) is 15.1. The third-order valence-corrected chi connectivity index (χ3v) is 4.03. The van der Waals surface area contributed by atoms with Crippen LogP contribution in [0, 0.1) is 11.3 Å². The molecule has 0 aliphatic rings. The lowest BCUT2D eigenvalue weighted by atomic mass is 10.2. The largest absolute Gasteiger partial charge is 0.378 e. The van der Waals surface area contributed by atoms with E-state index in [9.17, 15) is 0 Å². The molecule has 0 unspecified atom stereocenters. The number of rotatable bonds is 3. The Hall–Kier alpha value is -2.15. The van der Waals surface area contributed by atoms with Crippen molar-refractivity contribution in [2.75, 3.05) is 5.32 Å². The van der Waals surface area contributed by atoms with Gasteiger partial charge in [-0.05, 0) is 24.3 Å². The molecule has 0 aliphatic carbocycles. The van der Waals surface area contributed by atoms with Gasteiger partial charge in [-0.15, -0.1) is 0 Å². The number of hydrogen-bond acceptors (Lipinski definition) is 2. The molecule has 0 saturated carbocycles. The number of halogens is 2. The van der Waals surface area contributed by atoms with Gasteiger partial charge in [0.25, 0.3) is 0 Å². The standard InChI is InChI=1S/C16H11Cl2N3/c17-12-6-5-10(8-19)7-14(12)20-9-15-16(18)11-3-1-2-4-13(11)21-15/h1-7,20-21H,9H2. The fourth-order valence-corrected chi connectivity index (χ4v) is 2.66. The zero-order valence-corrected chi connectivity index (χ0v) is 12.5. The number of nitrogens with one attached hydrogen (secondary N) is 2. The minimum atomic E-state index is 0.502. The maximum Gasteiger partial charge on any atom is 0.0992 e. The van der Waals surface area contributed by atoms with Crippen LogP contribution in [-0.4, -0.2) is 4.98 Å². The molecule has 1 heterocycles. The van der Waals surface area contributed by atoms with Crippen LogP contribution in [0.5, 0.6) is 0 Å². The fourth-order valence-electron chi connectivity index (χ4n) is 2.20. The molecule has 104 valence electrons. The maximum absolute atomic E-state index is 8.93. The van der Waals surface area contributed by atoms with Crippen LogP contribution < -0.4 is 5.32 Å². The number of aromatic nitrogens is 1. The predicted molar refractivity (Wildman–Crippen MR) is 86.8 cm³/mol. The van der Waals surface area contributed by atoms with Gasteiger partial charge >= 0.3 is 0 Å². The molecule has 0 spiro atoms. The van der Waals surface area contributed by atoms with E-state index in [0.717, 1.165) is 16.6 Å². The van der Waals surface area contributed by atoms with Crippen LogP contribution in [-0.2, 0) is 6.54 Å². The van der Waals surface area contributed by atoms with Gasteiger partial charge in [0.05, 0.1) is 39.6 Å². The molecule has 2 N–H and O–H groups in total. The zero-order chi connectivity index (χ0) is 14.8. The SMILES string of the molecule is N#Cc1ccc(Cl)c(NCc2[nH]c3ccccc3c2Cl)c1. The van der Waals surface area contributed by atoms with E-state index in [2.05, 4.69) is 16.4 Å². The number of aromatic amines is 1. The van der Waals surface area contributed by atoms with Gasteiger partial charge < -0.3 is 10.3 Å². The van der Waals surface area contributed by atoms with E-state index in [1.807, 2.05) is 24.3 Å². The van der Waals surface area contributed by atoms with Gasteiger partial charge in [0.1, 0.15) is 0 Å². The van der Waals surface area contributed by atoms with Crippen LogP contribution in [0.4, 0.5) is 5.69 Å². The lowest BCUT2D eigenvalue weighted by Crippen LogP contribution is -2.01. The van der Waals surface area contributed by atoms with E-state index < -0.39 is 0 Å². The highest BCUT2D eigenvalue weighted by molar-refractivity contribution is 6.36. The van der Waals surface area contributed by atoms with Gasteiger partial charge in [-0.1, -0.05) is 41.4 Å². The van der Waals surface area contributed by atoms with Crippen molar-refractivity contribution in [2.24, 2.45) is 0 Å². The van der Waals surface area contributed by atoms with Gasteiger partial charge in [-0.25, -0.2) is 0 Å². The van der Waals surface area contributed by atoms with Crippen molar-refractivity contribution in [1.29, 1.82) is 5.26 Å². The highest BCUT2D eigenvalue weighted by Gasteiger charge is 2.09. The first-order valence-corrected chi connectivity index (χ1v) is 7.13. The fraction of sp³-hybridized carbons (Fsp3) is 0.0625. The number of nitriles is 1. The Bertz CT molecular complexity index is 846. The van der Waals surface area contributed by atoms with Gasteiger partial charge in [0.15, 0.2) is 0 Å². The third kappa shape index (κ3) is 2.69. The Labute approximate surface area is 132 Å². The van der Waals surface area contributed by atoms with Crippen molar-refractivity contribution in [1.82, 2.24) is 4.98 Å². The summed E-state index contributed by atoms with van der Waals surface area (Å²) >= 11 is 12.5. The van der Waals surface area contributed by atoms with Crippen molar-refractivity contribution in [3.05, 3.63) is 63.8 Å². The minimum Gasteiger partial charge on any atom is -0.378 e. The smallest absolute Gasteiger partial charge is 0.0992 e. The first kappa shape index (κ1) is 13.8. The van der Waals surface area contributed by atoms with Gasteiger partial charge in [-0.2, -0.15) is 5.26 Å². The number of benzene rings is 2. The summed E-state index contributed by atoms with van der Waals surface area (Å²) in [5.41, 5.74) is 3.16. The van der Waals surface area contributed by atoms with Crippen LogP contribution in [0.2, 0.25) is 10.0 Å². The van der Waals surface area contributed by atoms with E-state index in [-0.39, 0.29) is 0 Å². The van der Waals surface area contributed by atoms with Crippen molar-refractivity contribution in [3.8, 4) is 6.07 Å². The van der Waals surface area contributed by atoms with Gasteiger partial charge in [0, 0.05) is 10.9 Å². The zero-order valence-electron chi connectivity index (χ0n) is 11.0. The Morgan fingerprint density at radius 3 is 2.71 bits per heavy atom. The summed E-state index contributed by atoms with van der Waals surface area (Å²) < 4.78 is 0. The Morgan fingerprint density at radius 1 is 1.14 bits per heavy atom. The third-order valence-electron chi connectivity index (χ3n) is 3.27. The van der Waals surface area contributed by atoms with Crippen molar-refractivity contribution in [3.63, 3.8) is 0 Å². The van der Waals surface area contributed by atoms with Crippen LogP contribution in [0.15, 0.2) is 42.5 Å². The Kier molecular flexibility index (Phi) is 3.74. The molecular formula is C16H11Cl2N3. The molecule has 3 nitrogen and oxygen atoms in total. The molecule has 0 saturated heterocycles. The first-order valence-electron chi connectivity index (χ1n) is 6.37. The molecule has 0 fully saturated rings. The molecule has 2 aromatic carbocycles. The normalized spacial score (nSPS) is 10.5. The Balaban J connectivity index is 1.87. The lowest BCUT2D eigenvalue weighted by Gasteiger charge is -2.08. The number of H-pyrrole nitrogens is 1. The lowest BCUT2D eigenvalue weighted by molar-refractivity contribution is 1.08. The highest BCUT2D eigenvalue weighted by atomic mass is 35.5. The number of para-hydroxylation sites is 1. The van der Waals surface area contributed by atoms with E-state index in [4.69, 9.17) is 28.5 Å². The first-order chi connectivity index (χ1) is 10.2. The van der Waals surface area contributed by atoms with Crippen LogP contribution >= 0.6 is 23.2 Å². The van der Waals surface area contributed by atoms with Crippen LogP contribution in [0.25, 0.3) is 10.9 Å². The van der Waals surface area contributed by atoms with E-state index in [1.54, 1.807) is 18.2 Å². The van der Waals surface area contributed by atoms with E-state index >= 15 is 0 Å². The molecule has 1 aromatic heterocycles. The van der Waals surface area contributed by atoms with Crippen LogP contribution in [0.1, 0.15) is 11.3 Å². The quantitative estimate of drug-likeness (QED) is 0.717. The average Bonchev–Trinajstić information content (AvgIpc) is 2.83. The molecule has 21 heavy (non-hydrogen) atoms. The summed E-state index contributed by atoms with van der Waals surface area (Å²) in [5, 5.41) is 14.4. The minimum absolute atomic E-state index is 0.502. The van der Waals surface area contributed by atoms with Crippen molar-refractivity contribution < 1.29 is 0 Å².